The number of hydrogen-bond donors (Lipinski definition) is 0. The highest BCUT2D eigenvalue weighted by Crippen LogP contribution is 2.29. The van der Waals surface area contributed by atoms with Crippen LogP contribution >= 0.6 is 0 Å². The third kappa shape index (κ3) is 3.51. The van der Waals surface area contributed by atoms with Gasteiger partial charge in [0.15, 0.2) is 0 Å². The highest BCUT2D eigenvalue weighted by molar-refractivity contribution is 5.83. The van der Waals surface area contributed by atoms with Crippen molar-refractivity contribution in [1.29, 1.82) is 5.26 Å². The van der Waals surface area contributed by atoms with Crippen LogP contribution in [-0.4, -0.2) is 67.0 Å². The van der Waals surface area contributed by atoms with Gasteiger partial charge in [-0.1, -0.05) is 6.92 Å². The maximum Gasteiger partial charge on any atom is 0.128 e. The summed E-state index contributed by atoms with van der Waals surface area (Å²) in [4.78, 5) is 14.3. The molecule has 156 valence electrons. The summed E-state index contributed by atoms with van der Waals surface area (Å²) >= 11 is 0. The lowest BCUT2D eigenvalue weighted by molar-refractivity contribution is 0.270. The lowest BCUT2D eigenvalue weighted by Crippen LogP contribution is -2.46. The van der Waals surface area contributed by atoms with Gasteiger partial charge in [0.05, 0.1) is 30.0 Å². The van der Waals surface area contributed by atoms with E-state index < -0.39 is 0 Å². The van der Waals surface area contributed by atoms with Gasteiger partial charge in [-0.05, 0) is 18.7 Å². The van der Waals surface area contributed by atoms with Gasteiger partial charge >= 0.3 is 0 Å². The lowest BCUT2D eigenvalue weighted by atomic mass is 10.1. The van der Waals surface area contributed by atoms with Crippen LogP contribution < -0.4 is 4.90 Å². The summed E-state index contributed by atoms with van der Waals surface area (Å²) in [6.07, 6.45) is 8.91. The number of aromatic nitrogens is 6. The molecule has 0 N–H and O–H groups in total. The van der Waals surface area contributed by atoms with E-state index in [0.29, 0.717) is 16.8 Å². The number of anilines is 1. The van der Waals surface area contributed by atoms with Crippen LogP contribution in [0.15, 0.2) is 43.1 Å². The summed E-state index contributed by atoms with van der Waals surface area (Å²) < 4.78 is 3.44. The Balaban J connectivity index is 1.54. The van der Waals surface area contributed by atoms with E-state index in [1.807, 2.05) is 37.8 Å². The molecular formula is C22H23N9. The van der Waals surface area contributed by atoms with E-state index in [1.165, 1.54) is 0 Å². The molecular weight excluding hydrogens is 390 g/mol. The number of hydrogen-bond acceptors (Lipinski definition) is 7. The van der Waals surface area contributed by atoms with Gasteiger partial charge in [-0.25, -0.2) is 14.5 Å². The van der Waals surface area contributed by atoms with Crippen LogP contribution in [0.3, 0.4) is 0 Å². The third-order valence-electron chi connectivity index (χ3n) is 5.78. The molecule has 9 heteroatoms. The molecule has 1 fully saturated rings. The Kier molecular flexibility index (Phi) is 4.84. The highest BCUT2D eigenvalue weighted by atomic mass is 15.3. The van der Waals surface area contributed by atoms with Crippen LogP contribution in [0.5, 0.6) is 0 Å². The van der Waals surface area contributed by atoms with Gasteiger partial charge in [0.1, 0.15) is 23.0 Å². The first kappa shape index (κ1) is 19.2. The summed E-state index contributed by atoms with van der Waals surface area (Å²) in [5, 5.41) is 18.2. The molecule has 1 saturated heterocycles. The Morgan fingerprint density at radius 2 is 1.84 bits per heavy atom. The minimum Gasteiger partial charge on any atom is -0.354 e. The predicted octanol–water partition coefficient (Wildman–Crippen LogP) is 2.21. The second kappa shape index (κ2) is 7.81. The van der Waals surface area contributed by atoms with Crippen LogP contribution in [0, 0.1) is 11.3 Å². The molecule has 5 heterocycles. The van der Waals surface area contributed by atoms with Crippen molar-refractivity contribution in [1.82, 2.24) is 34.3 Å². The van der Waals surface area contributed by atoms with Gasteiger partial charge in [-0.3, -0.25) is 4.68 Å². The fourth-order valence-electron chi connectivity index (χ4n) is 4.00. The molecule has 0 radical (unpaired) electrons. The summed E-state index contributed by atoms with van der Waals surface area (Å²) in [6, 6.07) is 6.28. The van der Waals surface area contributed by atoms with Crippen molar-refractivity contribution in [3.8, 4) is 28.6 Å². The molecule has 4 aromatic rings. The molecule has 0 atom stereocenters. The summed E-state index contributed by atoms with van der Waals surface area (Å²) in [6.45, 7) is 7.33. The molecule has 31 heavy (non-hydrogen) atoms. The minimum atomic E-state index is 0.486. The standard InChI is InChI=1S/C22H23N9/c1-3-29-6-8-30(9-7-29)20-5-4-16(11-24-20)21-22-17(10-23)12-26-31(22)15-19(27-21)18-13-25-28(2)14-18/h4-5,11-15H,3,6-9H2,1-2H3. The van der Waals surface area contributed by atoms with Crippen LogP contribution in [0.4, 0.5) is 5.82 Å². The molecule has 5 rings (SSSR count). The molecule has 0 amide bonds. The molecule has 0 unspecified atom stereocenters. The maximum atomic E-state index is 9.57. The predicted molar refractivity (Wildman–Crippen MR) is 117 cm³/mol. The quantitative estimate of drug-likeness (QED) is 0.506. The number of likely N-dealkylation sites (N-methyl/N-ethyl adjacent to an activating group) is 1. The van der Waals surface area contributed by atoms with E-state index in [9.17, 15) is 5.26 Å². The van der Waals surface area contributed by atoms with E-state index in [-0.39, 0.29) is 0 Å². The number of piperazine rings is 1. The maximum absolute atomic E-state index is 9.57. The molecule has 0 bridgehead atoms. The first-order valence-corrected chi connectivity index (χ1v) is 10.4. The van der Waals surface area contributed by atoms with Crippen LogP contribution in [-0.2, 0) is 7.05 Å². The van der Waals surface area contributed by atoms with Gasteiger partial charge in [0.2, 0.25) is 0 Å². The molecule has 0 aromatic carbocycles. The molecule has 4 aromatic heterocycles. The van der Waals surface area contributed by atoms with E-state index >= 15 is 0 Å². The summed E-state index contributed by atoms with van der Waals surface area (Å²) in [5.41, 5.74) is 4.33. The highest BCUT2D eigenvalue weighted by Gasteiger charge is 2.19. The topological polar surface area (TPSA) is 91.2 Å². The second-order valence-corrected chi connectivity index (χ2v) is 7.67. The molecule has 0 saturated carbocycles. The van der Waals surface area contributed by atoms with Crippen molar-refractivity contribution < 1.29 is 0 Å². The van der Waals surface area contributed by atoms with Crippen molar-refractivity contribution in [2.45, 2.75) is 6.92 Å². The Morgan fingerprint density at radius 1 is 1.00 bits per heavy atom. The van der Waals surface area contributed by atoms with Gasteiger partial charge < -0.3 is 9.80 Å². The number of rotatable bonds is 4. The van der Waals surface area contributed by atoms with E-state index in [1.54, 1.807) is 21.6 Å². The normalized spacial score (nSPS) is 14.8. The number of pyridine rings is 1. The summed E-state index contributed by atoms with van der Waals surface area (Å²) in [5.74, 6) is 0.966. The van der Waals surface area contributed by atoms with Crippen molar-refractivity contribution in [3.05, 3.63) is 48.7 Å². The van der Waals surface area contributed by atoms with Gasteiger partial charge in [0, 0.05) is 56.7 Å². The van der Waals surface area contributed by atoms with Crippen molar-refractivity contribution in [2.75, 3.05) is 37.6 Å². The zero-order valence-electron chi connectivity index (χ0n) is 17.6. The number of fused-ring (bicyclic) bond motifs is 1. The molecule has 1 aliphatic heterocycles. The molecule has 0 aliphatic carbocycles. The minimum absolute atomic E-state index is 0.486. The smallest absolute Gasteiger partial charge is 0.128 e. The number of nitrogens with zero attached hydrogens (tertiary/aromatic N) is 9. The third-order valence-corrected chi connectivity index (χ3v) is 5.78. The molecule has 1 aliphatic rings. The molecule has 9 nitrogen and oxygen atoms in total. The monoisotopic (exact) mass is 413 g/mol. The zero-order valence-corrected chi connectivity index (χ0v) is 17.6. The Labute approximate surface area is 180 Å². The van der Waals surface area contributed by atoms with Gasteiger partial charge in [-0.2, -0.15) is 15.5 Å². The van der Waals surface area contributed by atoms with Crippen LogP contribution in [0.25, 0.3) is 28.0 Å². The van der Waals surface area contributed by atoms with Crippen molar-refractivity contribution >= 4 is 11.3 Å². The Morgan fingerprint density at radius 3 is 2.48 bits per heavy atom. The fourth-order valence-corrected chi connectivity index (χ4v) is 4.00. The van der Waals surface area contributed by atoms with Gasteiger partial charge in [0.25, 0.3) is 0 Å². The SMILES string of the molecule is CCN1CCN(c2ccc(-c3nc(-c4cnn(C)c4)cn4ncc(C#N)c34)cn2)CC1. The average Bonchev–Trinajstić information content (AvgIpc) is 3.44. The number of nitriles is 1. The van der Waals surface area contributed by atoms with Crippen molar-refractivity contribution in [3.63, 3.8) is 0 Å². The molecule has 0 spiro atoms. The van der Waals surface area contributed by atoms with E-state index in [0.717, 1.165) is 55.4 Å². The summed E-state index contributed by atoms with van der Waals surface area (Å²) in [7, 11) is 1.87. The van der Waals surface area contributed by atoms with E-state index in [4.69, 9.17) is 9.97 Å². The van der Waals surface area contributed by atoms with Crippen LogP contribution in [0.1, 0.15) is 12.5 Å². The second-order valence-electron chi connectivity index (χ2n) is 7.67. The van der Waals surface area contributed by atoms with Gasteiger partial charge in [-0.15, -0.1) is 0 Å². The lowest BCUT2D eigenvalue weighted by Gasteiger charge is -2.34. The first-order chi connectivity index (χ1) is 15.2. The Hall–Kier alpha value is -3.77. The van der Waals surface area contributed by atoms with E-state index in [2.05, 4.69) is 33.0 Å². The van der Waals surface area contributed by atoms with Crippen molar-refractivity contribution in [2.24, 2.45) is 7.05 Å². The fraction of sp³-hybridized carbons (Fsp3) is 0.318. The zero-order chi connectivity index (χ0) is 21.4. The number of aryl methyl sites for hydroxylation is 1. The van der Waals surface area contributed by atoms with Crippen LogP contribution in [0.2, 0.25) is 0 Å². The first-order valence-electron chi connectivity index (χ1n) is 10.4. The largest absolute Gasteiger partial charge is 0.354 e. The Bertz CT molecular complexity index is 1250. The average molecular weight is 413 g/mol.